The van der Waals surface area contributed by atoms with E-state index in [1.54, 1.807) is 6.07 Å². The molecule has 2 rings (SSSR count). The Kier molecular flexibility index (Phi) is 2.55. The normalized spacial score (nSPS) is 14.4. The molecule has 1 fully saturated rings. The van der Waals surface area contributed by atoms with Crippen LogP contribution in [-0.4, -0.2) is 25.1 Å². The molecular weight excluding hydrogens is 210 g/mol. The standard InChI is InChI=1S/C10H13N3O3/c1-16-10-6-8(12-3-2-4-12)9(13(14)15)5-7(10)11/h5-6H,2-4,11H2,1H3. The van der Waals surface area contributed by atoms with Gasteiger partial charge in [-0.1, -0.05) is 0 Å². The summed E-state index contributed by atoms with van der Waals surface area (Å²) in [6.45, 7) is 1.68. The van der Waals surface area contributed by atoms with Gasteiger partial charge in [-0.25, -0.2) is 0 Å². The van der Waals surface area contributed by atoms with Crippen molar-refractivity contribution >= 4 is 17.1 Å². The van der Waals surface area contributed by atoms with Crippen molar-refractivity contribution < 1.29 is 9.66 Å². The first-order valence-corrected chi connectivity index (χ1v) is 5.00. The van der Waals surface area contributed by atoms with Gasteiger partial charge in [0.05, 0.1) is 17.7 Å². The molecular formula is C10H13N3O3. The third-order valence-electron chi connectivity index (χ3n) is 2.72. The number of anilines is 2. The number of rotatable bonds is 3. The number of nitro groups is 1. The van der Waals surface area contributed by atoms with Gasteiger partial charge in [-0.05, 0) is 6.42 Å². The van der Waals surface area contributed by atoms with Gasteiger partial charge in [0.2, 0.25) is 0 Å². The highest BCUT2D eigenvalue weighted by atomic mass is 16.6. The maximum Gasteiger partial charge on any atom is 0.294 e. The number of nitrogen functional groups attached to an aromatic ring is 1. The van der Waals surface area contributed by atoms with Crippen molar-refractivity contribution in [1.82, 2.24) is 0 Å². The van der Waals surface area contributed by atoms with Crippen molar-refractivity contribution in [2.45, 2.75) is 6.42 Å². The maximum atomic E-state index is 10.9. The number of benzene rings is 1. The van der Waals surface area contributed by atoms with E-state index in [2.05, 4.69) is 0 Å². The quantitative estimate of drug-likeness (QED) is 0.475. The molecule has 1 aliphatic rings. The van der Waals surface area contributed by atoms with E-state index in [0.29, 0.717) is 17.1 Å². The molecule has 6 heteroatoms. The van der Waals surface area contributed by atoms with Gasteiger partial charge in [0.15, 0.2) is 0 Å². The Hall–Kier alpha value is -1.98. The Labute approximate surface area is 92.8 Å². The summed E-state index contributed by atoms with van der Waals surface area (Å²) in [5.74, 6) is 0.479. The lowest BCUT2D eigenvalue weighted by molar-refractivity contribution is -0.384. The number of ether oxygens (including phenoxy) is 1. The molecule has 2 N–H and O–H groups in total. The van der Waals surface area contributed by atoms with E-state index in [1.165, 1.54) is 13.2 Å². The first-order valence-electron chi connectivity index (χ1n) is 5.00. The van der Waals surface area contributed by atoms with Crippen LogP contribution >= 0.6 is 0 Å². The van der Waals surface area contributed by atoms with Crippen LogP contribution in [0.2, 0.25) is 0 Å². The molecule has 0 bridgehead atoms. The zero-order valence-electron chi connectivity index (χ0n) is 8.97. The van der Waals surface area contributed by atoms with Crippen LogP contribution in [0.4, 0.5) is 17.1 Å². The monoisotopic (exact) mass is 223 g/mol. The van der Waals surface area contributed by atoms with E-state index in [1.807, 2.05) is 4.90 Å². The smallest absolute Gasteiger partial charge is 0.294 e. The molecule has 1 aromatic carbocycles. The summed E-state index contributed by atoms with van der Waals surface area (Å²) in [5.41, 5.74) is 6.57. The van der Waals surface area contributed by atoms with Crippen molar-refractivity contribution in [2.24, 2.45) is 0 Å². The Morgan fingerprint density at radius 1 is 1.50 bits per heavy atom. The molecule has 1 aliphatic heterocycles. The SMILES string of the molecule is COc1cc(N2CCC2)c([N+](=O)[O-])cc1N. The van der Waals surface area contributed by atoms with Gasteiger partial charge in [0, 0.05) is 25.2 Å². The Morgan fingerprint density at radius 2 is 2.19 bits per heavy atom. The fourth-order valence-corrected chi connectivity index (χ4v) is 1.71. The van der Waals surface area contributed by atoms with Crippen LogP contribution in [-0.2, 0) is 0 Å². The maximum absolute atomic E-state index is 10.9. The summed E-state index contributed by atoms with van der Waals surface area (Å²) < 4.78 is 5.06. The minimum atomic E-state index is -0.413. The minimum absolute atomic E-state index is 0.0398. The molecule has 6 nitrogen and oxygen atoms in total. The van der Waals surface area contributed by atoms with Gasteiger partial charge in [-0.15, -0.1) is 0 Å². The van der Waals surface area contributed by atoms with Crippen LogP contribution < -0.4 is 15.4 Å². The lowest BCUT2D eigenvalue weighted by atomic mass is 10.1. The van der Waals surface area contributed by atoms with Crippen LogP contribution in [0.3, 0.4) is 0 Å². The number of hydrogen-bond donors (Lipinski definition) is 1. The van der Waals surface area contributed by atoms with E-state index < -0.39 is 4.92 Å². The third-order valence-corrected chi connectivity index (χ3v) is 2.72. The average Bonchev–Trinajstić information content (AvgIpc) is 2.17. The van der Waals surface area contributed by atoms with Crippen molar-refractivity contribution in [3.8, 4) is 5.75 Å². The highest BCUT2D eigenvalue weighted by Gasteiger charge is 2.25. The third kappa shape index (κ3) is 1.62. The summed E-state index contributed by atoms with van der Waals surface area (Å²) in [5, 5.41) is 10.9. The van der Waals surface area contributed by atoms with Crippen LogP contribution in [0.5, 0.6) is 5.75 Å². The number of methoxy groups -OCH3 is 1. The molecule has 0 unspecified atom stereocenters. The molecule has 1 aromatic rings. The van der Waals surface area contributed by atoms with E-state index in [9.17, 15) is 10.1 Å². The van der Waals surface area contributed by atoms with E-state index in [-0.39, 0.29) is 5.69 Å². The summed E-state index contributed by atoms with van der Waals surface area (Å²) in [7, 11) is 1.50. The highest BCUT2D eigenvalue weighted by molar-refractivity contribution is 5.74. The topological polar surface area (TPSA) is 81.6 Å². The van der Waals surface area contributed by atoms with Gasteiger partial charge < -0.3 is 15.4 Å². The first-order chi connectivity index (χ1) is 7.63. The summed E-state index contributed by atoms with van der Waals surface area (Å²) in [6, 6.07) is 2.99. The van der Waals surface area contributed by atoms with Crippen LogP contribution in [0.1, 0.15) is 6.42 Å². The summed E-state index contributed by atoms with van der Waals surface area (Å²) in [6.07, 6.45) is 1.06. The summed E-state index contributed by atoms with van der Waals surface area (Å²) in [4.78, 5) is 12.4. The number of nitro benzene ring substituents is 1. The van der Waals surface area contributed by atoms with Crippen molar-refractivity contribution in [1.29, 1.82) is 0 Å². The Morgan fingerprint density at radius 3 is 2.62 bits per heavy atom. The number of nitrogens with two attached hydrogens (primary N) is 1. The Bertz CT molecular complexity index is 430. The first kappa shape index (κ1) is 10.5. The molecule has 86 valence electrons. The second-order valence-corrected chi connectivity index (χ2v) is 3.68. The zero-order chi connectivity index (χ0) is 11.7. The van der Waals surface area contributed by atoms with Crippen molar-refractivity contribution in [3.63, 3.8) is 0 Å². The minimum Gasteiger partial charge on any atom is -0.495 e. The highest BCUT2D eigenvalue weighted by Crippen LogP contribution is 2.38. The van der Waals surface area contributed by atoms with Gasteiger partial charge in [0.25, 0.3) is 5.69 Å². The second-order valence-electron chi connectivity index (χ2n) is 3.68. The Balaban J connectivity index is 2.49. The molecule has 1 heterocycles. The average molecular weight is 223 g/mol. The predicted molar refractivity (Wildman–Crippen MR) is 60.9 cm³/mol. The molecule has 0 aliphatic carbocycles. The summed E-state index contributed by atoms with van der Waals surface area (Å²) >= 11 is 0. The van der Waals surface area contributed by atoms with Gasteiger partial charge >= 0.3 is 0 Å². The van der Waals surface area contributed by atoms with Gasteiger partial charge in [0.1, 0.15) is 11.4 Å². The van der Waals surface area contributed by atoms with Gasteiger partial charge in [-0.2, -0.15) is 0 Å². The van der Waals surface area contributed by atoms with Crippen molar-refractivity contribution in [3.05, 3.63) is 22.2 Å². The second kappa shape index (κ2) is 3.88. The molecule has 1 saturated heterocycles. The molecule has 0 amide bonds. The fourth-order valence-electron chi connectivity index (χ4n) is 1.71. The lowest BCUT2D eigenvalue weighted by Crippen LogP contribution is -2.37. The number of hydrogen-bond acceptors (Lipinski definition) is 5. The van der Waals surface area contributed by atoms with Crippen LogP contribution in [0.15, 0.2) is 12.1 Å². The molecule has 0 spiro atoms. The van der Waals surface area contributed by atoms with Crippen LogP contribution in [0.25, 0.3) is 0 Å². The van der Waals surface area contributed by atoms with Gasteiger partial charge in [-0.3, -0.25) is 10.1 Å². The zero-order valence-corrected chi connectivity index (χ0v) is 8.97. The van der Waals surface area contributed by atoms with E-state index in [4.69, 9.17) is 10.5 Å². The molecule has 0 atom stereocenters. The fraction of sp³-hybridized carbons (Fsp3) is 0.400. The molecule has 0 radical (unpaired) electrons. The molecule has 16 heavy (non-hydrogen) atoms. The largest absolute Gasteiger partial charge is 0.495 e. The molecule has 0 saturated carbocycles. The predicted octanol–water partition coefficient (Wildman–Crippen LogP) is 1.40. The van der Waals surface area contributed by atoms with Crippen molar-refractivity contribution in [2.75, 3.05) is 30.8 Å². The molecule has 0 aromatic heterocycles. The van der Waals surface area contributed by atoms with E-state index in [0.717, 1.165) is 19.5 Å². The van der Waals surface area contributed by atoms with Crippen LogP contribution in [0, 0.1) is 10.1 Å². The number of nitrogens with zero attached hydrogens (tertiary/aromatic N) is 2. The van der Waals surface area contributed by atoms with E-state index >= 15 is 0 Å². The lowest BCUT2D eigenvalue weighted by Gasteiger charge is -2.32.